The highest BCUT2D eigenvalue weighted by molar-refractivity contribution is 5.57. The number of benzene rings is 2. The van der Waals surface area contributed by atoms with Crippen molar-refractivity contribution in [3.05, 3.63) is 47.8 Å². The summed E-state index contributed by atoms with van der Waals surface area (Å²) >= 11 is 0. The molecule has 0 aliphatic carbocycles. The van der Waals surface area contributed by atoms with Gasteiger partial charge in [-0.2, -0.15) is 5.26 Å². The van der Waals surface area contributed by atoms with Crippen molar-refractivity contribution in [3.8, 4) is 23.3 Å². The molecule has 2 aromatic rings. The minimum absolute atomic E-state index is 0.0475. The first-order valence-electron chi connectivity index (χ1n) is 5.45. The maximum Gasteiger partial charge on any atom is 0.168 e. The van der Waals surface area contributed by atoms with Crippen molar-refractivity contribution in [1.29, 1.82) is 5.26 Å². The first-order chi connectivity index (χ1) is 9.15. The van der Waals surface area contributed by atoms with Crippen molar-refractivity contribution in [2.75, 3.05) is 12.8 Å². The lowest BCUT2D eigenvalue weighted by Gasteiger charge is -2.11. The largest absolute Gasteiger partial charge is 0.494 e. The molecule has 5 heteroatoms. The Kier molecular flexibility index (Phi) is 3.53. The van der Waals surface area contributed by atoms with E-state index < -0.39 is 5.82 Å². The molecule has 96 valence electrons. The fourth-order valence-electron chi connectivity index (χ4n) is 1.57. The van der Waals surface area contributed by atoms with E-state index in [0.29, 0.717) is 11.3 Å². The molecule has 0 heterocycles. The maximum absolute atomic E-state index is 13.7. The van der Waals surface area contributed by atoms with E-state index in [-0.39, 0.29) is 17.2 Å². The van der Waals surface area contributed by atoms with Gasteiger partial charge < -0.3 is 15.2 Å². The summed E-state index contributed by atoms with van der Waals surface area (Å²) in [6, 6.07) is 11.0. The lowest BCUT2D eigenvalue weighted by Crippen LogP contribution is -1.97. The van der Waals surface area contributed by atoms with Crippen molar-refractivity contribution < 1.29 is 13.9 Å². The number of hydrogen-bond acceptors (Lipinski definition) is 4. The Balaban J connectivity index is 2.41. The zero-order chi connectivity index (χ0) is 13.8. The fraction of sp³-hybridized carbons (Fsp3) is 0.0714. The van der Waals surface area contributed by atoms with Crippen LogP contribution < -0.4 is 15.2 Å². The summed E-state index contributed by atoms with van der Waals surface area (Å²) in [5, 5.41) is 8.94. The van der Waals surface area contributed by atoms with Crippen LogP contribution in [0.1, 0.15) is 5.56 Å². The van der Waals surface area contributed by atoms with E-state index in [4.69, 9.17) is 20.5 Å². The standard InChI is InChI=1S/C14H11FN2O2/c1-18-14-7-13(10(15)6-11(14)17)19-12-5-3-2-4-9(12)8-16/h2-7H,17H2,1H3. The highest BCUT2D eigenvalue weighted by Gasteiger charge is 2.12. The van der Waals surface area contributed by atoms with E-state index in [1.54, 1.807) is 24.3 Å². The van der Waals surface area contributed by atoms with Gasteiger partial charge in [0.2, 0.25) is 0 Å². The lowest BCUT2D eigenvalue weighted by molar-refractivity contribution is 0.402. The second kappa shape index (κ2) is 5.27. The average molecular weight is 258 g/mol. The summed E-state index contributed by atoms with van der Waals surface area (Å²) in [7, 11) is 1.43. The van der Waals surface area contributed by atoms with Crippen molar-refractivity contribution in [3.63, 3.8) is 0 Å². The van der Waals surface area contributed by atoms with Gasteiger partial charge in [-0.3, -0.25) is 0 Å². The minimum atomic E-state index is -0.619. The smallest absolute Gasteiger partial charge is 0.168 e. The van der Waals surface area contributed by atoms with Gasteiger partial charge in [-0.05, 0) is 12.1 Å². The first-order valence-corrected chi connectivity index (χ1v) is 5.45. The number of nitrogens with zero attached hydrogens (tertiary/aromatic N) is 1. The molecule has 2 N–H and O–H groups in total. The van der Waals surface area contributed by atoms with Crippen LogP contribution in [0.2, 0.25) is 0 Å². The Morgan fingerprint density at radius 1 is 1.16 bits per heavy atom. The number of anilines is 1. The number of rotatable bonds is 3. The van der Waals surface area contributed by atoms with Crippen LogP contribution in [0.15, 0.2) is 36.4 Å². The molecular formula is C14H11FN2O2. The van der Waals surface area contributed by atoms with Gasteiger partial charge in [0.1, 0.15) is 17.6 Å². The van der Waals surface area contributed by atoms with Gasteiger partial charge >= 0.3 is 0 Å². The minimum Gasteiger partial charge on any atom is -0.494 e. The van der Waals surface area contributed by atoms with Crippen molar-refractivity contribution >= 4 is 5.69 Å². The summed E-state index contributed by atoms with van der Waals surface area (Å²) in [6.07, 6.45) is 0. The number of ether oxygens (including phenoxy) is 2. The van der Waals surface area contributed by atoms with Crippen LogP contribution in [0.4, 0.5) is 10.1 Å². The average Bonchev–Trinajstić information content (AvgIpc) is 2.42. The summed E-state index contributed by atoms with van der Waals surface area (Å²) in [6.45, 7) is 0. The third-order valence-corrected chi connectivity index (χ3v) is 2.51. The molecule has 0 atom stereocenters. The molecule has 2 aromatic carbocycles. The number of hydrogen-bond donors (Lipinski definition) is 1. The molecule has 4 nitrogen and oxygen atoms in total. The first kappa shape index (κ1) is 12.7. The van der Waals surface area contributed by atoms with E-state index in [0.717, 1.165) is 6.07 Å². The summed E-state index contributed by atoms with van der Waals surface area (Å²) in [5.74, 6) is -0.0821. The Bertz CT molecular complexity index is 650. The molecule has 0 bridgehead atoms. The van der Waals surface area contributed by atoms with Gasteiger partial charge in [0.05, 0.1) is 18.4 Å². The van der Waals surface area contributed by atoms with Crippen LogP contribution in [0.25, 0.3) is 0 Å². The van der Waals surface area contributed by atoms with Gasteiger partial charge in [0, 0.05) is 12.1 Å². The summed E-state index contributed by atoms with van der Waals surface area (Å²) in [5.41, 5.74) is 6.08. The summed E-state index contributed by atoms with van der Waals surface area (Å²) in [4.78, 5) is 0. The molecule has 0 unspecified atom stereocenters. The van der Waals surface area contributed by atoms with Gasteiger partial charge in [-0.25, -0.2) is 4.39 Å². The third-order valence-electron chi connectivity index (χ3n) is 2.51. The maximum atomic E-state index is 13.7. The van der Waals surface area contributed by atoms with E-state index in [9.17, 15) is 4.39 Å². The van der Waals surface area contributed by atoms with Crippen LogP contribution in [-0.4, -0.2) is 7.11 Å². The van der Waals surface area contributed by atoms with Gasteiger partial charge in [-0.15, -0.1) is 0 Å². The number of methoxy groups -OCH3 is 1. The van der Waals surface area contributed by atoms with Crippen molar-refractivity contribution in [1.82, 2.24) is 0 Å². The van der Waals surface area contributed by atoms with Gasteiger partial charge in [0.15, 0.2) is 11.6 Å². The molecule has 0 aromatic heterocycles. The molecule has 0 fully saturated rings. The lowest BCUT2D eigenvalue weighted by atomic mass is 10.2. The topological polar surface area (TPSA) is 68.3 Å². The molecule has 0 saturated carbocycles. The third kappa shape index (κ3) is 2.58. The predicted molar refractivity (Wildman–Crippen MR) is 68.6 cm³/mol. The van der Waals surface area contributed by atoms with Crippen LogP contribution in [0.5, 0.6) is 17.2 Å². The Morgan fingerprint density at radius 3 is 2.58 bits per heavy atom. The number of nitrogen functional groups attached to an aromatic ring is 1. The number of nitrogens with two attached hydrogens (primary N) is 1. The van der Waals surface area contributed by atoms with Crippen LogP contribution >= 0.6 is 0 Å². The van der Waals surface area contributed by atoms with Crippen molar-refractivity contribution in [2.45, 2.75) is 0 Å². The fourth-order valence-corrected chi connectivity index (χ4v) is 1.57. The molecule has 0 radical (unpaired) electrons. The normalized spacial score (nSPS) is 9.74. The van der Waals surface area contributed by atoms with Gasteiger partial charge in [0.25, 0.3) is 0 Å². The predicted octanol–water partition coefficient (Wildman–Crippen LogP) is 3.08. The molecule has 0 aliphatic rings. The van der Waals surface area contributed by atoms with Crippen LogP contribution in [0, 0.1) is 17.1 Å². The zero-order valence-electron chi connectivity index (χ0n) is 10.2. The molecule has 0 aliphatic heterocycles. The molecule has 19 heavy (non-hydrogen) atoms. The number of para-hydroxylation sites is 1. The SMILES string of the molecule is COc1cc(Oc2ccccc2C#N)c(F)cc1N. The van der Waals surface area contributed by atoms with E-state index >= 15 is 0 Å². The monoisotopic (exact) mass is 258 g/mol. The highest BCUT2D eigenvalue weighted by Crippen LogP contribution is 2.33. The van der Waals surface area contributed by atoms with E-state index in [2.05, 4.69) is 0 Å². The molecule has 0 amide bonds. The number of halogens is 1. The van der Waals surface area contributed by atoms with Crippen LogP contribution in [0.3, 0.4) is 0 Å². The quantitative estimate of drug-likeness (QED) is 0.859. The van der Waals surface area contributed by atoms with E-state index in [1.807, 2.05) is 6.07 Å². The highest BCUT2D eigenvalue weighted by atomic mass is 19.1. The second-order valence-electron chi connectivity index (χ2n) is 3.73. The van der Waals surface area contributed by atoms with E-state index in [1.165, 1.54) is 13.2 Å². The molecular weight excluding hydrogens is 247 g/mol. The molecule has 2 rings (SSSR count). The summed E-state index contributed by atoms with van der Waals surface area (Å²) < 4.78 is 24.1. The second-order valence-corrected chi connectivity index (χ2v) is 3.73. The van der Waals surface area contributed by atoms with Crippen LogP contribution in [-0.2, 0) is 0 Å². The Morgan fingerprint density at radius 2 is 1.89 bits per heavy atom. The van der Waals surface area contributed by atoms with Gasteiger partial charge in [-0.1, -0.05) is 12.1 Å². The molecule has 0 saturated heterocycles. The Hall–Kier alpha value is -2.74. The zero-order valence-corrected chi connectivity index (χ0v) is 10.2. The molecule has 0 spiro atoms. The number of nitriles is 1. The Labute approximate surface area is 109 Å². The van der Waals surface area contributed by atoms with Crippen molar-refractivity contribution in [2.24, 2.45) is 0 Å².